The van der Waals surface area contributed by atoms with E-state index in [1.807, 2.05) is 20.2 Å². The summed E-state index contributed by atoms with van der Waals surface area (Å²) < 4.78 is 7.30. The van der Waals surface area contributed by atoms with Gasteiger partial charge in [-0.25, -0.2) is 4.79 Å². The number of ether oxygens (including phenoxy) is 1. The molecule has 0 saturated carbocycles. The first-order chi connectivity index (χ1) is 10.1. The summed E-state index contributed by atoms with van der Waals surface area (Å²) in [5, 5.41) is 16.7. The van der Waals surface area contributed by atoms with Gasteiger partial charge in [0, 0.05) is 19.8 Å². The maximum atomic E-state index is 11.1. The highest BCUT2D eigenvalue weighted by Gasteiger charge is 2.10. The quantitative estimate of drug-likeness (QED) is 0.764. The molecule has 2 aromatic rings. The normalized spacial score (nSPS) is 10.4. The highest BCUT2D eigenvalue weighted by Crippen LogP contribution is 2.18. The minimum Gasteiger partial charge on any atom is -0.491 e. The molecule has 0 radical (unpaired) electrons. The standard InChI is InChI=1S/C15H19N3O3/c1-3-12-13(10-18(2)17-12)16-8-9-21-14-7-5-4-6-11(14)15(19)20/h4-7,10,16H,3,8-9H2,1-2H3,(H,19,20). The van der Waals surface area contributed by atoms with Crippen LogP contribution in [0.15, 0.2) is 30.5 Å². The van der Waals surface area contributed by atoms with E-state index in [-0.39, 0.29) is 5.56 Å². The number of hydrogen-bond donors (Lipinski definition) is 2. The Balaban J connectivity index is 1.89. The van der Waals surface area contributed by atoms with Crippen molar-refractivity contribution in [2.24, 2.45) is 7.05 Å². The highest BCUT2D eigenvalue weighted by molar-refractivity contribution is 5.90. The molecule has 2 rings (SSSR count). The van der Waals surface area contributed by atoms with Crippen LogP contribution in [0.25, 0.3) is 0 Å². The molecule has 0 atom stereocenters. The number of benzene rings is 1. The summed E-state index contributed by atoms with van der Waals surface area (Å²) in [6.45, 7) is 3.00. The van der Waals surface area contributed by atoms with Gasteiger partial charge < -0.3 is 15.2 Å². The lowest BCUT2D eigenvalue weighted by molar-refractivity contribution is 0.0692. The smallest absolute Gasteiger partial charge is 0.339 e. The van der Waals surface area contributed by atoms with Crippen LogP contribution in [0.5, 0.6) is 5.75 Å². The zero-order valence-electron chi connectivity index (χ0n) is 12.2. The largest absolute Gasteiger partial charge is 0.491 e. The monoisotopic (exact) mass is 289 g/mol. The van der Waals surface area contributed by atoms with Crippen LogP contribution >= 0.6 is 0 Å². The topological polar surface area (TPSA) is 76.4 Å². The number of anilines is 1. The first-order valence-electron chi connectivity index (χ1n) is 6.83. The summed E-state index contributed by atoms with van der Waals surface area (Å²) in [4.78, 5) is 11.1. The van der Waals surface area contributed by atoms with Crippen molar-refractivity contribution in [2.75, 3.05) is 18.5 Å². The Bertz CT molecular complexity index is 622. The number of para-hydroxylation sites is 1. The van der Waals surface area contributed by atoms with Crippen LogP contribution in [0.4, 0.5) is 5.69 Å². The number of rotatable bonds is 7. The molecular formula is C15H19N3O3. The van der Waals surface area contributed by atoms with Crippen LogP contribution in [-0.4, -0.2) is 34.0 Å². The van der Waals surface area contributed by atoms with Gasteiger partial charge in [-0.3, -0.25) is 4.68 Å². The molecule has 112 valence electrons. The van der Waals surface area contributed by atoms with Gasteiger partial charge >= 0.3 is 5.97 Å². The fourth-order valence-corrected chi connectivity index (χ4v) is 2.06. The zero-order chi connectivity index (χ0) is 15.2. The molecule has 0 bridgehead atoms. The molecule has 21 heavy (non-hydrogen) atoms. The number of carboxylic acids is 1. The van der Waals surface area contributed by atoms with E-state index in [1.54, 1.807) is 22.9 Å². The molecule has 1 aromatic heterocycles. The molecular weight excluding hydrogens is 270 g/mol. The van der Waals surface area contributed by atoms with Crippen molar-refractivity contribution in [3.63, 3.8) is 0 Å². The lowest BCUT2D eigenvalue weighted by Crippen LogP contribution is -2.13. The molecule has 0 aliphatic heterocycles. The Kier molecular flexibility index (Phi) is 4.81. The van der Waals surface area contributed by atoms with Gasteiger partial charge in [0.2, 0.25) is 0 Å². The molecule has 0 saturated heterocycles. The molecule has 6 nitrogen and oxygen atoms in total. The van der Waals surface area contributed by atoms with Gasteiger partial charge in [0.25, 0.3) is 0 Å². The number of aromatic carboxylic acids is 1. The van der Waals surface area contributed by atoms with E-state index in [1.165, 1.54) is 6.07 Å². The van der Waals surface area contributed by atoms with Gasteiger partial charge in [-0.2, -0.15) is 5.10 Å². The van der Waals surface area contributed by atoms with Gasteiger partial charge in [-0.15, -0.1) is 0 Å². The maximum absolute atomic E-state index is 11.1. The van der Waals surface area contributed by atoms with E-state index in [2.05, 4.69) is 10.4 Å². The fourth-order valence-electron chi connectivity index (χ4n) is 2.06. The second-order valence-electron chi connectivity index (χ2n) is 4.59. The highest BCUT2D eigenvalue weighted by atomic mass is 16.5. The average molecular weight is 289 g/mol. The molecule has 0 amide bonds. The van der Waals surface area contributed by atoms with Gasteiger partial charge in [-0.1, -0.05) is 19.1 Å². The molecule has 0 aliphatic rings. The first-order valence-corrected chi connectivity index (χ1v) is 6.83. The van der Waals surface area contributed by atoms with E-state index >= 15 is 0 Å². The van der Waals surface area contributed by atoms with Crippen LogP contribution in [-0.2, 0) is 13.5 Å². The number of carbonyl (C=O) groups is 1. The average Bonchev–Trinajstić information content (AvgIpc) is 2.84. The molecule has 1 heterocycles. The zero-order valence-corrected chi connectivity index (χ0v) is 12.2. The third-order valence-electron chi connectivity index (χ3n) is 3.03. The summed E-state index contributed by atoms with van der Waals surface area (Å²) in [5.41, 5.74) is 2.16. The Hall–Kier alpha value is -2.50. The summed E-state index contributed by atoms with van der Waals surface area (Å²) in [5.74, 6) is -0.604. The number of nitrogens with one attached hydrogen (secondary N) is 1. The van der Waals surface area contributed by atoms with E-state index < -0.39 is 5.97 Å². The van der Waals surface area contributed by atoms with Crippen molar-refractivity contribution in [3.05, 3.63) is 41.7 Å². The second-order valence-corrected chi connectivity index (χ2v) is 4.59. The third-order valence-corrected chi connectivity index (χ3v) is 3.03. The van der Waals surface area contributed by atoms with Crippen LogP contribution in [0.3, 0.4) is 0 Å². The Morgan fingerprint density at radius 3 is 2.90 bits per heavy atom. The summed E-state index contributed by atoms with van der Waals surface area (Å²) >= 11 is 0. The van der Waals surface area contributed by atoms with Crippen molar-refractivity contribution in [1.82, 2.24) is 9.78 Å². The van der Waals surface area contributed by atoms with Crippen molar-refractivity contribution in [2.45, 2.75) is 13.3 Å². The number of aromatic nitrogens is 2. The number of aryl methyl sites for hydroxylation is 2. The van der Waals surface area contributed by atoms with Crippen molar-refractivity contribution < 1.29 is 14.6 Å². The predicted molar refractivity (Wildman–Crippen MR) is 80.0 cm³/mol. The third kappa shape index (κ3) is 3.75. The van der Waals surface area contributed by atoms with Gasteiger partial charge in [0.05, 0.1) is 11.4 Å². The Morgan fingerprint density at radius 1 is 1.43 bits per heavy atom. The van der Waals surface area contributed by atoms with E-state index in [0.717, 1.165) is 17.8 Å². The summed E-state index contributed by atoms with van der Waals surface area (Å²) in [6, 6.07) is 6.62. The SMILES string of the molecule is CCc1nn(C)cc1NCCOc1ccccc1C(=O)O. The first kappa shape index (κ1) is 14.9. The van der Waals surface area contributed by atoms with Crippen molar-refractivity contribution in [1.29, 1.82) is 0 Å². The molecule has 0 unspecified atom stereocenters. The second kappa shape index (κ2) is 6.78. The van der Waals surface area contributed by atoms with Crippen LogP contribution in [0, 0.1) is 0 Å². The van der Waals surface area contributed by atoms with Gasteiger partial charge in [-0.05, 0) is 18.6 Å². The minimum atomic E-state index is -0.987. The molecule has 0 fully saturated rings. The molecule has 1 aromatic carbocycles. The van der Waals surface area contributed by atoms with Crippen LogP contribution in [0.1, 0.15) is 23.0 Å². The Labute approximate surface area is 123 Å². The van der Waals surface area contributed by atoms with E-state index in [0.29, 0.717) is 18.9 Å². The summed E-state index contributed by atoms with van der Waals surface area (Å²) in [6.07, 6.45) is 2.77. The Morgan fingerprint density at radius 2 is 2.19 bits per heavy atom. The summed E-state index contributed by atoms with van der Waals surface area (Å²) in [7, 11) is 1.88. The van der Waals surface area contributed by atoms with Crippen LogP contribution < -0.4 is 10.1 Å². The van der Waals surface area contributed by atoms with Gasteiger partial charge in [0.1, 0.15) is 17.9 Å². The number of nitrogens with zero attached hydrogens (tertiary/aromatic N) is 2. The predicted octanol–water partition coefficient (Wildman–Crippen LogP) is 2.17. The lowest BCUT2D eigenvalue weighted by Gasteiger charge is -2.10. The van der Waals surface area contributed by atoms with Crippen LogP contribution in [0.2, 0.25) is 0 Å². The van der Waals surface area contributed by atoms with Crippen molar-refractivity contribution >= 4 is 11.7 Å². The minimum absolute atomic E-state index is 0.174. The number of hydrogen-bond acceptors (Lipinski definition) is 4. The molecule has 0 spiro atoms. The molecule has 2 N–H and O–H groups in total. The molecule has 0 aliphatic carbocycles. The fraction of sp³-hybridized carbons (Fsp3) is 0.333. The van der Waals surface area contributed by atoms with Gasteiger partial charge in [0.15, 0.2) is 0 Å². The van der Waals surface area contributed by atoms with E-state index in [9.17, 15) is 4.79 Å². The number of carboxylic acid groups (broad SMARTS) is 1. The molecule has 6 heteroatoms. The van der Waals surface area contributed by atoms with Crippen molar-refractivity contribution in [3.8, 4) is 5.75 Å². The van der Waals surface area contributed by atoms with E-state index in [4.69, 9.17) is 9.84 Å². The lowest BCUT2D eigenvalue weighted by atomic mass is 10.2. The maximum Gasteiger partial charge on any atom is 0.339 e.